The first-order valence-corrected chi connectivity index (χ1v) is 6.76. The molecule has 0 saturated heterocycles. The molecular weight excluding hydrogens is 222 g/mol. The Balaban J connectivity index is 2.12. The summed E-state index contributed by atoms with van der Waals surface area (Å²) in [5, 5.41) is 3.46. The fourth-order valence-corrected chi connectivity index (χ4v) is 2.16. The number of anilines is 1. The molecule has 1 aliphatic heterocycles. The predicted octanol–water partition coefficient (Wildman–Crippen LogP) is 2.65. The lowest BCUT2D eigenvalue weighted by molar-refractivity contribution is 0.588. The van der Waals surface area contributed by atoms with E-state index < -0.39 is 0 Å². The van der Waals surface area contributed by atoms with Crippen molar-refractivity contribution in [1.29, 1.82) is 0 Å². The largest absolute Gasteiger partial charge is 0.353 e. The van der Waals surface area contributed by atoms with Crippen LogP contribution in [0.15, 0.2) is 24.3 Å². The summed E-state index contributed by atoms with van der Waals surface area (Å²) < 4.78 is 0. The van der Waals surface area contributed by atoms with Gasteiger partial charge in [0.1, 0.15) is 5.82 Å². The Bertz CT molecular complexity index is 424. The van der Waals surface area contributed by atoms with Crippen molar-refractivity contribution in [2.24, 2.45) is 0 Å². The molecular formula is C15H23N3. The Hall–Kier alpha value is -1.35. The van der Waals surface area contributed by atoms with Crippen LogP contribution >= 0.6 is 0 Å². The van der Waals surface area contributed by atoms with E-state index in [9.17, 15) is 0 Å². The van der Waals surface area contributed by atoms with Crippen LogP contribution in [-0.4, -0.2) is 24.1 Å². The Morgan fingerprint density at radius 3 is 2.83 bits per heavy atom. The summed E-state index contributed by atoms with van der Waals surface area (Å²) >= 11 is 0. The minimum Gasteiger partial charge on any atom is -0.353 e. The molecule has 0 amide bonds. The number of nitrogens with zero attached hydrogens (tertiary/aromatic N) is 2. The second-order valence-corrected chi connectivity index (χ2v) is 5.22. The molecule has 0 radical (unpaired) electrons. The van der Waals surface area contributed by atoms with E-state index >= 15 is 0 Å². The van der Waals surface area contributed by atoms with Gasteiger partial charge in [-0.3, -0.25) is 0 Å². The summed E-state index contributed by atoms with van der Waals surface area (Å²) in [6, 6.07) is 4.89. The summed E-state index contributed by atoms with van der Waals surface area (Å²) in [6.07, 6.45) is 5.59. The lowest BCUT2D eigenvalue weighted by Crippen LogP contribution is -2.28. The molecule has 0 aromatic carbocycles. The number of rotatable bonds is 4. The Kier molecular flexibility index (Phi) is 4.37. The highest BCUT2D eigenvalue weighted by Gasteiger charge is 2.10. The number of hydrogen-bond donors (Lipinski definition) is 1. The van der Waals surface area contributed by atoms with E-state index in [0.29, 0.717) is 6.04 Å². The first-order valence-electron chi connectivity index (χ1n) is 6.76. The first-order chi connectivity index (χ1) is 8.65. The lowest BCUT2D eigenvalue weighted by Gasteiger charge is -2.25. The van der Waals surface area contributed by atoms with Crippen LogP contribution in [-0.2, 0) is 6.54 Å². The molecule has 1 aromatic heterocycles. The Labute approximate surface area is 110 Å². The summed E-state index contributed by atoms with van der Waals surface area (Å²) in [7, 11) is 0. The van der Waals surface area contributed by atoms with Gasteiger partial charge in [0.05, 0.1) is 0 Å². The van der Waals surface area contributed by atoms with E-state index in [1.165, 1.54) is 5.56 Å². The van der Waals surface area contributed by atoms with Crippen molar-refractivity contribution in [2.75, 3.05) is 18.0 Å². The molecule has 18 heavy (non-hydrogen) atoms. The van der Waals surface area contributed by atoms with Crippen LogP contribution in [0.1, 0.15) is 31.5 Å². The summed E-state index contributed by atoms with van der Waals surface area (Å²) in [5.74, 6) is 1.11. The third kappa shape index (κ3) is 3.57. The molecule has 3 nitrogen and oxygen atoms in total. The Morgan fingerprint density at radius 2 is 2.17 bits per heavy atom. The zero-order valence-corrected chi connectivity index (χ0v) is 11.6. The second-order valence-electron chi connectivity index (χ2n) is 5.22. The van der Waals surface area contributed by atoms with Crippen LogP contribution < -0.4 is 10.2 Å². The van der Waals surface area contributed by atoms with Gasteiger partial charge in [0.15, 0.2) is 0 Å². The maximum absolute atomic E-state index is 4.65. The summed E-state index contributed by atoms with van der Waals surface area (Å²) in [5.41, 5.74) is 2.42. The van der Waals surface area contributed by atoms with Crippen molar-refractivity contribution in [3.8, 4) is 0 Å². The van der Waals surface area contributed by atoms with Crippen molar-refractivity contribution >= 4 is 5.82 Å². The average molecular weight is 245 g/mol. The smallest absolute Gasteiger partial charge is 0.129 e. The number of hydrogen-bond acceptors (Lipinski definition) is 3. The third-order valence-corrected chi connectivity index (χ3v) is 3.10. The molecule has 2 heterocycles. The van der Waals surface area contributed by atoms with Gasteiger partial charge in [0.25, 0.3) is 0 Å². The van der Waals surface area contributed by atoms with Gasteiger partial charge in [-0.15, -0.1) is 0 Å². The van der Waals surface area contributed by atoms with Crippen molar-refractivity contribution in [2.45, 2.75) is 39.8 Å². The molecule has 0 unspecified atom stereocenters. The topological polar surface area (TPSA) is 28.2 Å². The van der Waals surface area contributed by atoms with E-state index in [0.717, 1.165) is 37.6 Å². The van der Waals surface area contributed by atoms with Crippen LogP contribution in [0.2, 0.25) is 0 Å². The van der Waals surface area contributed by atoms with Gasteiger partial charge in [0, 0.05) is 31.4 Å². The molecule has 0 atom stereocenters. The number of aromatic nitrogens is 1. The van der Waals surface area contributed by atoms with Gasteiger partial charge in [-0.2, -0.15) is 0 Å². The fraction of sp³-hybridized carbons (Fsp3) is 0.533. The molecule has 0 aliphatic carbocycles. The van der Waals surface area contributed by atoms with Crippen molar-refractivity contribution in [1.82, 2.24) is 10.3 Å². The zero-order valence-electron chi connectivity index (χ0n) is 11.6. The lowest BCUT2D eigenvalue weighted by atomic mass is 10.2. The van der Waals surface area contributed by atoms with Crippen LogP contribution in [0.5, 0.6) is 0 Å². The van der Waals surface area contributed by atoms with Crippen LogP contribution in [0.25, 0.3) is 0 Å². The molecule has 1 N–H and O–H groups in total. The maximum Gasteiger partial charge on any atom is 0.129 e. The highest BCUT2D eigenvalue weighted by atomic mass is 15.2. The number of nitrogens with one attached hydrogen (secondary N) is 1. The molecule has 1 aliphatic rings. The molecule has 98 valence electrons. The number of pyridine rings is 1. The van der Waals surface area contributed by atoms with Crippen molar-refractivity contribution in [3.63, 3.8) is 0 Å². The highest BCUT2D eigenvalue weighted by molar-refractivity contribution is 5.44. The van der Waals surface area contributed by atoms with E-state index in [-0.39, 0.29) is 0 Å². The molecule has 0 fully saturated rings. The van der Waals surface area contributed by atoms with Crippen LogP contribution in [0.4, 0.5) is 5.82 Å². The van der Waals surface area contributed by atoms with E-state index in [1.54, 1.807) is 0 Å². The van der Waals surface area contributed by atoms with Crippen molar-refractivity contribution < 1.29 is 0 Å². The Morgan fingerprint density at radius 1 is 1.33 bits per heavy atom. The van der Waals surface area contributed by atoms with Gasteiger partial charge >= 0.3 is 0 Å². The van der Waals surface area contributed by atoms with Crippen molar-refractivity contribution in [3.05, 3.63) is 35.5 Å². The maximum atomic E-state index is 4.65. The fourth-order valence-electron chi connectivity index (χ4n) is 2.16. The predicted molar refractivity (Wildman–Crippen MR) is 76.9 cm³/mol. The SMILES string of the molecule is Cc1cc(CNC(C)C)cc(N2CC=CCC2)n1. The second kappa shape index (κ2) is 6.01. The molecule has 0 saturated carbocycles. The minimum absolute atomic E-state index is 0.514. The monoisotopic (exact) mass is 245 g/mol. The zero-order chi connectivity index (χ0) is 13.0. The third-order valence-electron chi connectivity index (χ3n) is 3.10. The molecule has 0 spiro atoms. The normalized spacial score (nSPS) is 15.4. The van der Waals surface area contributed by atoms with Gasteiger partial charge in [-0.25, -0.2) is 4.98 Å². The standard InChI is InChI=1S/C15H23N3/c1-12(2)16-11-14-9-13(3)17-15(10-14)18-7-5-4-6-8-18/h4-5,9-10,12,16H,6-8,11H2,1-3H3. The van der Waals surface area contributed by atoms with E-state index in [1.807, 2.05) is 0 Å². The molecule has 1 aromatic rings. The van der Waals surface area contributed by atoms with Gasteiger partial charge in [-0.05, 0) is 31.0 Å². The van der Waals surface area contributed by atoms with Gasteiger partial charge in [-0.1, -0.05) is 26.0 Å². The molecule has 3 heteroatoms. The van der Waals surface area contributed by atoms with E-state index in [4.69, 9.17) is 0 Å². The van der Waals surface area contributed by atoms with Gasteiger partial charge < -0.3 is 10.2 Å². The summed E-state index contributed by atoms with van der Waals surface area (Å²) in [6.45, 7) is 9.38. The van der Waals surface area contributed by atoms with Gasteiger partial charge in [0.2, 0.25) is 0 Å². The molecule has 0 bridgehead atoms. The summed E-state index contributed by atoms with van der Waals surface area (Å²) in [4.78, 5) is 6.99. The van der Waals surface area contributed by atoms with Crippen LogP contribution in [0, 0.1) is 6.92 Å². The minimum atomic E-state index is 0.514. The quantitative estimate of drug-likeness (QED) is 0.827. The average Bonchev–Trinajstić information content (AvgIpc) is 2.37. The number of aryl methyl sites for hydroxylation is 1. The van der Waals surface area contributed by atoms with E-state index in [2.05, 4.69) is 60.3 Å². The first kappa shape index (κ1) is 13.1. The highest BCUT2D eigenvalue weighted by Crippen LogP contribution is 2.17. The van der Waals surface area contributed by atoms with Crippen LogP contribution in [0.3, 0.4) is 0 Å². The molecule has 2 rings (SSSR count).